The Balaban J connectivity index is 1.78. The number of nitrogen functional groups attached to an aromatic ring is 1. The van der Waals surface area contributed by atoms with Crippen molar-refractivity contribution < 1.29 is 4.74 Å². The third kappa shape index (κ3) is 2.97. The number of nitrogens with zero attached hydrogens (tertiary/aromatic N) is 2. The number of rotatable bonds is 4. The van der Waals surface area contributed by atoms with Gasteiger partial charge in [-0.1, -0.05) is 26.0 Å². The number of thiophene rings is 1. The molecule has 1 aromatic carbocycles. The van der Waals surface area contributed by atoms with Crippen molar-refractivity contribution in [2.45, 2.75) is 26.4 Å². The molecule has 0 fully saturated rings. The van der Waals surface area contributed by atoms with Gasteiger partial charge in [0.25, 0.3) is 0 Å². The summed E-state index contributed by atoms with van der Waals surface area (Å²) in [7, 11) is 0. The molecule has 0 radical (unpaired) electrons. The third-order valence-corrected chi connectivity index (χ3v) is 4.10. The highest BCUT2D eigenvalue weighted by atomic mass is 32.1. The summed E-state index contributed by atoms with van der Waals surface area (Å²) in [5.74, 6) is 2.42. The summed E-state index contributed by atoms with van der Waals surface area (Å²) >= 11 is 1.56. The number of hydrogen-bond acceptors (Lipinski definition) is 5. The third-order valence-electron chi connectivity index (χ3n) is 3.29. The quantitative estimate of drug-likeness (QED) is 0.791. The first-order chi connectivity index (χ1) is 10.1. The normalized spacial score (nSPS) is 11.2. The molecule has 0 spiro atoms. The SMILES string of the molecule is CC(C)c1cccc(OCc2nc(N)c3ccsc3n2)c1. The molecule has 3 aromatic rings. The first-order valence-corrected chi connectivity index (χ1v) is 7.74. The number of benzene rings is 1. The molecule has 0 aliphatic carbocycles. The lowest BCUT2D eigenvalue weighted by Crippen LogP contribution is -2.04. The zero-order valence-electron chi connectivity index (χ0n) is 12.0. The Morgan fingerprint density at radius 3 is 2.90 bits per heavy atom. The van der Waals surface area contributed by atoms with E-state index in [-0.39, 0.29) is 0 Å². The lowest BCUT2D eigenvalue weighted by molar-refractivity contribution is 0.296. The van der Waals surface area contributed by atoms with Gasteiger partial charge in [-0.2, -0.15) is 0 Å². The van der Waals surface area contributed by atoms with E-state index in [1.54, 1.807) is 11.3 Å². The molecular formula is C16H17N3OS. The highest BCUT2D eigenvalue weighted by molar-refractivity contribution is 7.16. The summed E-state index contributed by atoms with van der Waals surface area (Å²) in [5.41, 5.74) is 7.19. The molecule has 0 unspecified atom stereocenters. The molecule has 21 heavy (non-hydrogen) atoms. The van der Waals surface area contributed by atoms with E-state index in [9.17, 15) is 0 Å². The second-order valence-electron chi connectivity index (χ2n) is 5.18. The van der Waals surface area contributed by atoms with Gasteiger partial charge in [0, 0.05) is 0 Å². The number of ether oxygens (including phenoxy) is 1. The lowest BCUT2D eigenvalue weighted by Gasteiger charge is -2.09. The van der Waals surface area contributed by atoms with E-state index in [1.165, 1.54) is 5.56 Å². The maximum Gasteiger partial charge on any atom is 0.169 e. The van der Waals surface area contributed by atoms with Crippen LogP contribution in [0.4, 0.5) is 5.82 Å². The Bertz CT molecular complexity index is 767. The van der Waals surface area contributed by atoms with Gasteiger partial charge in [0.1, 0.15) is 23.0 Å². The fourth-order valence-corrected chi connectivity index (χ4v) is 2.89. The van der Waals surface area contributed by atoms with Crippen LogP contribution in [0.5, 0.6) is 5.75 Å². The number of aromatic nitrogens is 2. The van der Waals surface area contributed by atoms with Gasteiger partial charge >= 0.3 is 0 Å². The van der Waals surface area contributed by atoms with Gasteiger partial charge in [-0.3, -0.25) is 0 Å². The van der Waals surface area contributed by atoms with E-state index >= 15 is 0 Å². The maximum absolute atomic E-state index is 5.93. The van der Waals surface area contributed by atoms with Crippen LogP contribution >= 0.6 is 11.3 Å². The van der Waals surface area contributed by atoms with Gasteiger partial charge in [-0.15, -0.1) is 11.3 Å². The standard InChI is InChI=1S/C16H17N3OS/c1-10(2)11-4-3-5-12(8-11)20-9-14-18-15(17)13-6-7-21-16(13)19-14/h3-8,10H,9H2,1-2H3,(H2,17,18,19). The van der Waals surface area contributed by atoms with Crippen LogP contribution in [0, 0.1) is 0 Å². The van der Waals surface area contributed by atoms with E-state index < -0.39 is 0 Å². The molecule has 108 valence electrons. The fourth-order valence-electron chi connectivity index (χ4n) is 2.10. The van der Waals surface area contributed by atoms with Crippen molar-refractivity contribution in [3.8, 4) is 5.75 Å². The van der Waals surface area contributed by atoms with E-state index in [4.69, 9.17) is 10.5 Å². The average Bonchev–Trinajstić information content (AvgIpc) is 2.94. The summed E-state index contributed by atoms with van der Waals surface area (Å²) in [5, 5.41) is 2.87. The lowest BCUT2D eigenvalue weighted by atomic mass is 10.0. The molecule has 0 atom stereocenters. The molecule has 0 aliphatic rings. The number of hydrogen-bond donors (Lipinski definition) is 1. The van der Waals surface area contributed by atoms with Crippen molar-refractivity contribution in [3.63, 3.8) is 0 Å². The van der Waals surface area contributed by atoms with Crippen molar-refractivity contribution >= 4 is 27.4 Å². The van der Waals surface area contributed by atoms with Crippen molar-refractivity contribution in [2.75, 3.05) is 5.73 Å². The Morgan fingerprint density at radius 1 is 1.24 bits per heavy atom. The van der Waals surface area contributed by atoms with Crippen molar-refractivity contribution in [1.82, 2.24) is 9.97 Å². The Morgan fingerprint density at radius 2 is 2.10 bits per heavy atom. The summed E-state index contributed by atoms with van der Waals surface area (Å²) in [6.45, 7) is 4.64. The molecule has 0 saturated carbocycles. The number of anilines is 1. The van der Waals surface area contributed by atoms with Gasteiger partial charge in [0.05, 0.1) is 5.39 Å². The maximum atomic E-state index is 5.93. The summed E-state index contributed by atoms with van der Waals surface area (Å²) < 4.78 is 5.79. The average molecular weight is 299 g/mol. The van der Waals surface area contributed by atoms with Crippen LogP contribution in [-0.2, 0) is 6.61 Å². The second kappa shape index (κ2) is 5.69. The first kappa shape index (κ1) is 13.8. The molecule has 0 amide bonds. The fraction of sp³-hybridized carbons (Fsp3) is 0.250. The van der Waals surface area contributed by atoms with E-state index in [1.807, 2.05) is 23.6 Å². The van der Waals surface area contributed by atoms with Crippen molar-refractivity contribution in [1.29, 1.82) is 0 Å². The predicted molar refractivity (Wildman–Crippen MR) is 86.7 cm³/mol. The Hall–Kier alpha value is -2.14. The van der Waals surface area contributed by atoms with Gasteiger partial charge in [-0.05, 0) is 35.1 Å². The highest BCUT2D eigenvalue weighted by Crippen LogP contribution is 2.24. The number of fused-ring (bicyclic) bond motifs is 1. The van der Waals surface area contributed by atoms with E-state index in [2.05, 4.69) is 35.9 Å². The molecule has 5 heteroatoms. The van der Waals surface area contributed by atoms with Crippen LogP contribution in [0.2, 0.25) is 0 Å². The van der Waals surface area contributed by atoms with Crippen molar-refractivity contribution in [3.05, 3.63) is 47.1 Å². The van der Waals surface area contributed by atoms with Gasteiger partial charge < -0.3 is 10.5 Å². The van der Waals surface area contributed by atoms with Crippen LogP contribution in [-0.4, -0.2) is 9.97 Å². The molecule has 4 nitrogen and oxygen atoms in total. The van der Waals surface area contributed by atoms with Gasteiger partial charge in [-0.25, -0.2) is 9.97 Å². The minimum Gasteiger partial charge on any atom is -0.486 e. The second-order valence-corrected chi connectivity index (χ2v) is 6.07. The van der Waals surface area contributed by atoms with Crippen molar-refractivity contribution in [2.24, 2.45) is 0 Å². The van der Waals surface area contributed by atoms with Crippen LogP contribution in [0.3, 0.4) is 0 Å². The Kier molecular flexibility index (Phi) is 3.75. The molecule has 2 aromatic heterocycles. The molecule has 0 aliphatic heterocycles. The smallest absolute Gasteiger partial charge is 0.169 e. The summed E-state index contributed by atoms with van der Waals surface area (Å²) in [6.07, 6.45) is 0. The topological polar surface area (TPSA) is 61.0 Å². The molecule has 0 bridgehead atoms. The molecule has 0 saturated heterocycles. The Labute approximate surface area is 127 Å². The number of nitrogens with two attached hydrogens (primary N) is 1. The van der Waals surface area contributed by atoms with Crippen LogP contribution in [0.15, 0.2) is 35.7 Å². The molecule has 3 rings (SSSR count). The van der Waals surface area contributed by atoms with E-state index in [0.717, 1.165) is 16.0 Å². The largest absolute Gasteiger partial charge is 0.486 e. The predicted octanol–water partition coefficient (Wildman–Crippen LogP) is 3.98. The minimum absolute atomic E-state index is 0.319. The zero-order valence-corrected chi connectivity index (χ0v) is 12.9. The minimum atomic E-state index is 0.319. The van der Waals surface area contributed by atoms with Crippen LogP contribution < -0.4 is 10.5 Å². The van der Waals surface area contributed by atoms with Crippen LogP contribution in [0.1, 0.15) is 31.2 Å². The van der Waals surface area contributed by atoms with Crippen LogP contribution in [0.25, 0.3) is 10.2 Å². The highest BCUT2D eigenvalue weighted by Gasteiger charge is 2.07. The summed E-state index contributed by atoms with van der Waals surface area (Å²) in [4.78, 5) is 9.67. The summed E-state index contributed by atoms with van der Waals surface area (Å²) in [6, 6.07) is 10.0. The monoisotopic (exact) mass is 299 g/mol. The zero-order chi connectivity index (χ0) is 14.8. The molecule has 2 N–H and O–H groups in total. The van der Waals surface area contributed by atoms with E-state index in [0.29, 0.717) is 24.2 Å². The molecular weight excluding hydrogens is 282 g/mol. The van der Waals surface area contributed by atoms with Gasteiger partial charge in [0.2, 0.25) is 0 Å². The first-order valence-electron chi connectivity index (χ1n) is 6.86. The van der Waals surface area contributed by atoms with Gasteiger partial charge in [0.15, 0.2) is 5.82 Å². The molecule has 2 heterocycles.